The first-order valence-electron chi connectivity index (χ1n) is 8.92. The highest BCUT2D eigenvalue weighted by Crippen LogP contribution is 2.52. The van der Waals surface area contributed by atoms with Gasteiger partial charge in [-0.25, -0.2) is 0 Å². The number of hydrogen-bond donors (Lipinski definition) is 2. The number of carbonyl (C=O) groups is 2. The van der Waals surface area contributed by atoms with E-state index in [1.807, 2.05) is 36.4 Å². The third-order valence-corrected chi connectivity index (χ3v) is 5.64. The van der Waals surface area contributed by atoms with Crippen LogP contribution in [0.1, 0.15) is 64.6 Å². The van der Waals surface area contributed by atoms with Gasteiger partial charge in [0.2, 0.25) is 0 Å². The van der Waals surface area contributed by atoms with E-state index in [9.17, 15) is 9.59 Å². The van der Waals surface area contributed by atoms with Crippen molar-refractivity contribution in [1.82, 2.24) is 10.6 Å². The molecule has 0 aliphatic heterocycles. The predicted octanol–water partition coefficient (Wildman–Crippen LogP) is 3.39. The predicted molar refractivity (Wildman–Crippen MR) is 104 cm³/mol. The molecule has 2 aromatic rings. The Morgan fingerprint density at radius 3 is 1.92 bits per heavy atom. The summed E-state index contributed by atoms with van der Waals surface area (Å²) in [7, 11) is 3.28. The van der Waals surface area contributed by atoms with Gasteiger partial charge in [0.05, 0.1) is 0 Å². The van der Waals surface area contributed by atoms with Crippen LogP contribution in [0.4, 0.5) is 0 Å². The first-order chi connectivity index (χ1) is 12.2. The molecule has 0 saturated carbocycles. The van der Waals surface area contributed by atoms with Crippen LogP contribution in [0.25, 0.3) is 0 Å². The SMILES string of the molecule is CNC(=O)c1ccc(C2(C)CC(C)(C)c3ccc(C(=O)NC)cc32)cc1. The van der Waals surface area contributed by atoms with Gasteiger partial charge in [0.15, 0.2) is 0 Å². The van der Waals surface area contributed by atoms with Crippen molar-refractivity contribution in [2.75, 3.05) is 14.1 Å². The summed E-state index contributed by atoms with van der Waals surface area (Å²) in [5.74, 6) is -0.162. The largest absolute Gasteiger partial charge is 0.355 e. The maximum absolute atomic E-state index is 12.1. The van der Waals surface area contributed by atoms with Gasteiger partial charge in [-0.1, -0.05) is 39.0 Å². The summed E-state index contributed by atoms with van der Waals surface area (Å²) in [6.07, 6.45) is 0.950. The van der Waals surface area contributed by atoms with E-state index < -0.39 is 0 Å². The molecule has 0 heterocycles. The summed E-state index contributed by atoms with van der Waals surface area (Å²) in [5.41, 5.74) is 4.77. The minimum Gasteiger partial charge on any atom is -0.355 e. The summed E-state index contributed by atoms with van der Waals surface area (Å²) in [5, 5.41) is 5.35. The molecule has 2 N–H and O–H groups in total. The molecule has 0 aromatic heterocycles. The van der Waals surface area contributed by atoms with Crippen molar-refractivity contribution in [2.24, 2.45) is 0 Å². The van der Waals surface area contributed by atoms with Gasteiger partial charge in [0, 0.05) is 30.6 Å². The Hall–Kier alpha value is -2.62. The zero-order valence-electron chi connectivity index (χ0n) is 16.1. The summed E-state index contributed by atoms with van der Waals surface area (Å²) >= 11 is 0. The second kappa shape index (κ2) is 6.27. The molecule has 3 rings (SSSR count). The molecule has 1 aliphatic carbocycles. The maximum atomic E-state index is 12.1. The van der Waals surface area contributed by atoms with Gasteiger partial charge >= 0.3 is 0 Å². The Kier molecular flexibility index (Phi) is 4.39. The second-order valence-corrected chi connectivity index (χ2v) is 7.89. The summed E-state index contributed by atoms with van der Waals surface area (Å²) in [4.78, 5) is 23.9. The van der Waals surface area contributed by atoms with Crippen LogP contribution in [-0.2, 0) is 10.8 Å². The number of benzene rings is 2. The Morgan fingerprint density at radius 1 is 0.808 bits per heavy atom. The van der Waals surface area contributed by atoms with Gasteiger partial charge in [-0.05, 0) is 52.8 Å². The van der Waals surface area contributed by atoms with E-state index in [-0.39, 0.29) is 22.6 Å². The van der Waals surface area contributed by atoms with E-state index in [0.717, 1.165) is 12.0 Å². The van der Waals surface area contributed by atoms with Crippen molar-refractivity contribution >= 4 is 11.8 Å². The molecule has 1 atom stereocenters. The highest BCUT2D eigenvalue weighted by molar-refractivity contribution is 5.95. The third kappa shape index (κ3) is 2.79. The highest BCUT2D eigenvalue weighted by atomic mass is 16.2. The molecule has 1 aliphatic rings. The molecule has 136 valence electrons. The monoisotopic (exact) mass is 350 g/mol. The summed E-state index contributed by atoms with van der Waals surface area (Å²) in [6, 6.07) is 13.8. The van der Waals surface area contributed by atoms with E-state index in [1.54, 1.807) is 14.1 Å². The number of amides is 2. The molecule has 0 fully saturated rings. The quantitative estimate of drug-likeness (QED) is 0.891. The lowest BCUT2D eigenvalue weighted by atomic mass is 9.75. The van der Waals surface area contributed by atoms with Crippen LogP contribution in [0.5, 0.6) is 0 Å². The minimum absolute atomic E-state index is 0.0186. The average molecular weight is 350 g/mol. The van der Waals surface area contributed by atoms with E-state index in [4.69, 9.17) is 0 Å². The number of nitrogens with one attached hydrogen (secondary N) is 2. The Labute approximate surface area is 155 Å². The molecule has 2 amide bonds. The molecule has 0 radical (unpaired) electrons. The van der Waals surface area contributed by atoms with Crippen LogP contribution in [0.3, 0.4) is 0 Å². The molecule has 2 aromatic carbocycles. The lowest BCUT2D eigenvalue weighted by Gasteiger charge is -2.28. The van der Waals surface area contributed by atoms with Crippen LogP contribution < -0.4 is 10.6 Å². The fourth-order valence-corrected chi connectivity index (χ4v) is 4.34. The molecule has 1 unspecified atom stereocenters. The van der Waals surface area contributed by atoms with Crippen LogP contribution in [-0.4, -0.2) is 25.9 Å². The fraction of sp³-hybridized carbons (Fsp3) is 0.364. The maximum Gasteiger partial charge on any atom is 0.251 e. The molecule has 0 spiro atoms. The van der Waals surface area contributed by atoms with Crippen molar-refractivity contribution < 1.29 is 9.59 Å². The number of hydrogen-bond acceptors (Lipinski definition) is 2. The van der Waals surface area contributed by atoms with Gasteiger partial charge in [-0.15, -0.1) is 0 Å². The van der Waals surface area contributed by atoms with Gasteiger partial charge in [0.25, 0.3) is 11.8 Å². The van der Waals surface area contributed by atoms with E-state index in [0.29, 0.717) is 11.1 Å². The van der Waals surface area contributed by atoms with Crippen LogP contribution >= 0.6 is 0 Å². The fourth-order valence-electron chi connectivity index (χ4n) is 4.34. The number of rotatable bonds is 3. The van der Waals surface area contributed by atoms with E-state index in [2.05, 4.69) is 37.5 Å². The molecule has 0 saturated heterocycles. The number of carbonyl (C=O) groups excluding carboxylic acids is 2. The average Bonchev–Trinajstić information content (AvgIpc) is 2.86. The summed E-state index contributed by atoms with van der Waals surface area (Å²) in [6.45, 7) is 6.72. The Morgan fingerprint density at radius 2 is 1.35 bits per heavy atom. The van der Waals surface area contributed by atoms with Crippen LogP contribution in [0.15, 0.2) is 42.5 Å². The van der Waals surface area contributed by atoms with E-state index in [1.165, 1.54) is 11.1 Å². The Balaban J connectivity index is 2.11. The van der Waals surface area contributed by atoms with E-state index >= 15 is 0 Å². The van der Waals surface area contributed by atoms with Crippen LogP contribution in [0.2, 0.25) is 0 Å². The highest BCUT2D eigenvalue weighted by Gasteiger charge is 2.45. The minimum atomic E-state index is -0.204. The zero-order chi connectivity index (χ0) is 19.1. The molecular weight excluding hydrogens is 324 g/mol. The van der Waals surface area contributed by atoms with Gasteiger partial charge in [-0.3, -0.25) is 9.59 Å². The van der Waals surface area contributed by atoms with Gasteiger partial charge in [0.1, 0.15) is 0 Å². The number of fused-ring (bicyclic) bond motifs is 1. The van der Waals surface area contributed by atoms with Crippen molar-refractivity contribution in [1.29, 1.82) is 0 Å². The molecule has 4 heteroatoms. The molecule has 0 bridgehead atoms. The third-order valence-electron chi connectivity index (χ3n) is 5.64. The second-order valence-electron chi connectivity index (χ2n) is 7.89. The van der Waals surface area contributed by atoms with Crippen molar-refractivity contribution in [2.45, 2.75) is 38.0 Å². The lowest BCUT2D eigenvalue weighted by Crippen LogP contribution is -2.24. The van der Waals surface area contributed by atoms with Crippen molar-refractivity contribution in [3.63, 3.8) is 0 Å². The molecular formula is C22H26N2O2. The lowest BCUT2D eigenvalue weighted by molar-refractivity contribution is 0.0955. The van der Waals surface area contributed by atoms with Crippen molar-refractivity contribution in [3.8, 4) is 0 Å². The van der Waals surface area contributed by atoms with Gasteiger partial charge < -0.3 is 10.6 Å². The molecule has 26 heavy (non-hydrogen) atoms. The van der Waals surface area contributed by atoms with Crippen LogP contribution in [0, 0.1) is 0 Å². The standard InChI is InChI=1S/C22H26N2O2/c1-21(2)13-22(3,16-9-6-14(7-10-16)19(25)23-4)18-12-15(20(26)24-5)8-11-17(18)21/h6-12H,13H2,1-5H3,(H,23,25)(H,24,26). The Bertz CT molecular complexity index is 868. The van der Waals surface area contributed by atoms with Crippen molar-refractivity contribution in [3.05, 3.63) is 70.3 Å². The smallest absolute Gasteiger partial charge is 0.251 e. The molecule has 4 nitrogen and oxygen atoms in total. The zero-order valence-corrected chi connectivity index (χ0v) is 16.1. The summed E-state index contributed by atoms with van der Waals surface area (Å²) < 4.78 is 0. The normalized spacial score (nSPS) is 20.3. The first-order valence-corrected chi connectivity index (χ1v) is 8.92. The first kappa shape index (κ1) is 18.2. The topological polar surface area (TPSA) is 58.2 Å². The van der Waals surface area contributed by atoms with Gasteiger partial charge in [-0.2, -0.15) is 0 Å².